The number of nitrogens with zero attached hydrogens (tertiary/aromatic N) is 2. The average molecular weight is 307 g/mol. The highest BCUT2D eigenvalue weighted by molar-refractivity contribution is 7.18. The monoisotopic (exact) mass is 307 g/mol. The van der Waals surface area contributed by atoms with Crippen molar-refractivity contribution in [1.29, 1.82) is 0 Å². The number of aliphatic carboxylic acids is 1. The number of thiophene rings is 1. The number of carboxylic acid groups (broad SMARTS) is 1. The van der Waals surface area contributed by atoms with Gasteiger partial charge in [0.05, 0.1) is 5.39 Å². The van der Waals surface area contributed by atoms with Crippen molar-refractivity contribution in [2.45, 2.75) is 46.0 Å². The summed E-state index contributed by atoms with van der Waals surface area (Å²) in [5.41, 5.74) is 0. The van der Waals surface area contributed by atoms with Crippen molar-refractivity contribution in [3.8, 4) is 0 Å². The van der Waals surface area contributed by atoms with Crippen molar-refractivity contribution in [1.82, 2.24) is 9.97 Å². The van der Waals surface area contributed by atoms with Crippen molar-refractivity contribution in [3.05, 3.63) is 16.8 Å². The molecule has 0 fully saturated rings. The third-order valence-corrected chi connectivity index (χ3v) is 4.36. The fourth-order valence-corrected chi connectivity index (χ4v) is 2.98. The lowest BCUT2D eigenvalue weighted by Gasteiger charge is -2.10. The highest BCUT2D eigenvalue weighted by atomic mass is 32.1. The van der Waals surface area contributed by atoms with Crippen LogP contribution < -0.4 is 5.32 Å². The highest BCUT2D eigenvalue weighted by Gasteiger charge is 2.13. The van der Waals surface area contributed by atoms with Gasteiger partial charge in [0, 0.05) is 23.8 Å². The van der Waals surface area contributed by atoms with Crippen molar-refractivity contribution < 1.29 is 9.90 Å². The van der Waals surface area contributed by atoms with Crippen LogP contribution in [0.15, 0.2) is 6.07 Å². The molecule has 0 aliphatic heterocycles. The van der Waals surface area contributed by atoms with Crippen LogP contribution in [0.2, 0.25) is 0 Å². The molecule has 0 aliphatic rings. The molecule has 2 aromatic rings. The molecule has 6 heteroatoms. The van der Waals surface area contributed by atoms with Crippen molar-refractivity contribution >= 4 is 33.3 Å². The predicted molar refractivity (Wildman–Crippen MR) is 86.2 cm³/mol. The first-order chi connectivity index (χ1) is 10.0. The Morgan fingerprint density at radius 1 is 1.43 bits per heavy atom. The molecule has 0 aliphatic carbocycles. The highest BCUT2D eigenvalue weighted by Crippen LogP contribution is 2.30. The molecule has 0 unspecified atom stereocenters. The smallest absolute Gasteiger partial charge is 0.303 e. The lowest BCUT2D eigenvalue weighted by molar-refractivity contribution is -0.137. The standard InChI is InChI=1S/C15H21N3O2S/c1-4-10-8-11-14(16-7-5-6-12(19)20)17-13(9(2)3)18-15(11)21-10/h8-9H,4-7H2,1-3H3,(H,19,20)(H,16,17,18). The van der Waals surface area contributed by atoms with E-state index in [0.717, 1.165) is 28.3 Å². The summed E-state index contributed by atoms with van der Waals surface area (Å²) in [5, 5.41) is 13.0. The molecule has 0 amide bonds. The molecule has 2 rings (SSSR count). The van der Waals surface area contributed by atoms with E-state index in [1.165, 1.54) is 4.88 Å². The summed E-state index contributed by atoms with van der Waals surface area (Å²) < 4.78 is 0. The van der Waals surface area contributed by atoms with E-state index in [1.807, 2.05) is 0 Å². The van der Waals surface area contributed by atoms with Gasteiger partial charge in [-0.25, -0.2) is 9.97 Å². The van der Waals surface area contributed by atoms with E-state index in [2.05, 4.69) is 42.1 Å². The number of rotatable bonds is 7. The van der Waals surface area contributed by atoms with Crippen molar-refractivity contribution in [2.75, 3.05) is 11.9 Å². The van der Waals surface area contributed by atoms with E-state index in [0.29, 0.717) is 13.0 Å². The summed E-state index contributed by atoms with van der Waals surface area (Å²) in [4.78, 5) is 22.1. The number of fused-ring (bicyclic) bond motifs is 1. The molecule has 2 aromatic heterocycles. The minimum absolute atomic E-state index is 0.169. The summed E-state index contributed by atoms with van der Waals surface area (Å²) in [6.07, 6.45) is 1.74. The largest absolute Gasteiger partial charge is 0.481 e. The number of carboxylic acids is 1. The van der Waals surface area contributed by atoms with Crippen LogP contribution in [0.1, 0.15) is 50.2 Å². The zero-order valence-corrected chi connectivity index (χ0v) is 13.5. The van der Waals surface area contributed by atoms with Gasteiger partial charge < -0.3 is 10.4 Å². The number of anilines is 1. The maximum absolute atomic E-state index is 10.6. The van der Waals surface area contributed by atoms with Gasteiger partial charge in [-0.1, -0.05) is 20.8 Å². The van der Waals surface area contributed by atoms with E-state index in [1.54, 1.807) is 11.3 Å². The molecular formula is C15H21N3O2S. The molecule has 114 valence electrons. The first kappa shape index (κ1) is 15.7. The Morgan fingerprint density at radius 2 is 2.19 bits per heavy atom. The molecule has 2 heterocycles. The van der Waals surface area contributed by atoms with Crippen LogP contribution in [-0.4, -0.2) is 27.6 Å². The van der Waals surface area contributed by atoms with Crippen LogP contribution in [0.4, 0.5) is 5.82 Å². The third-order valence-electron chi connectivity index (χ3n) is 3.19. The molecule has 0 saturated heterocycles. The molecule has 2 N–H and O–H groups in total. The number of carbonyl (C=O) groups is 1. The summed E-state index contributed by atoms with van der Waals surface area (Å²) in [5.74, 6) is 1.15. The molecule has 21 heavy (non-hydrogen) atoms. The van der Waals surface area contributed by atoms with Gasteiger partial charge >= 0.3 is 5.97 Å². The van der Waals surface area contributed by atoms with Crippen LogP contribution >= 0.6 is 11.3 Å². The number of nitrogens with one attached hydrogen (secondary N) is 1. The van der Waals surface area contributed by atoms with Gasteiger partial charge in [0.25, 0.3) is 0 Å². The Morgan fingerprint density at radius 3 is 2.81 bits per heavy atom. The zero-order chi connectivity index (χ0) is 15.4. The third kappa shape index (κ3) is 3.91. The van der Waals surface area contributed by atoms with Gasteiger partial charge in [-0.15, -0.1) is 11.3 Å². The Balaban J connectivity index is 2.26. The number of hydrogen-bond donors (Lipinski definition) is 2. The first-order valence-corrected chi connectivity index (χ1v) is 8.09. The van der Waals surface area contributed by atoms with Gasteiger partial charge in [-0.05, 0) is 18.9 Å². The molecule has 0 spiro atoms. The van der Waals surface area contributed by atoms with E-state index in [4.69, 9.17) is 5.11 Å². The van der Waals surface area contributed by atoms with Crippen LogP contribution in [0.5, 0.6) is 0 Å². The van der Waals surface area contributed by atoms with Crippen molar-refractivity contribution in [2.24, 2.45) is 0 Å². The SMILES string of the molecule is CCc1cc2c(NCCCC(=O)O)nc(C(C)C)nc2s1. The maximum Gasteiger partial charge on any atom is 0.303 e. The Hall–Kier alpha value is -1.69. The minimum atomic E-state index is -0.767. The van der Waals surface area contributed by atoms with E-state index in [9.17, 15) is 4.79 Å². The molecular weight excluding hydrogens is 286 g/mol. The minimum Gasteiger partial charge on any atom is -0.481 e. The molecule has 0 atom stereocenters. The van der Waals surface area contributed by atoms with Gasteiger partial charge in [-0.3, -0.25) is 4.79 Å². The molecule has 0 bridgehead atoms. The second-order valence-corrected chi connectivity index (χ2v) is 6.41. The fraction of sp³-hybridized carbons (Fsp3) is 0.533. The number of aryl methyl sites for hydroxylation is 1. The molecule has 0 saturated carbocycles. The quantitative estimate of drug-likeness (QED) is 0.764. The number of hydrogen-bond acceptors (Lipinski definition) is 5. The lowest BCUT2D eigenvalue weighted by Crippen LogP contribution is -2.08. The summed E-state index contributed by atoms with van der Waals surface area (Å²) >= 11 is 1.70. The van der Waals surface area contributed by atoms with Gasteiger partial charge in [0.2, 0.25) is 0 Å². The van der Waals surface area contributed by atoms with E-state index >= 15 is 0 Å². The second kappa shape index (κ2) is 6.85. The molecule has 5 nitrogen and oxygen atoms in total. The van der Waals surface area contributed by atoms with Gasteiger partial charge in [0.1, 0.15) is 16.5 Å². The zero-order valence-electron chi connectivity index (χ0n) is 12.6. The van der Waals surface area contributed by atoms with Crippen LogP contribution in [0.3, 0.4) is 0 Å². The van der Waals surface area contributed by atoms with E-state index < -0.39 is 5.97 Å². The van der Waals surface area contributed by atoms with E-state index in [-0.39, 0.29) is 12.3 Å². The maximum atomic E-state index is 10.6. The first-order valence-electron chi connectivity index (χ1n) is 7.27. The van der Waals surface area contributed by atoms with Crippen LogP contribution in [0, 0.1) is 0 Å². The molecule has 0 aromatic carbocycles. The van der Waals surface area contributed by atoms with Gasteiger partial charge in [-0.2, -0.15) is 0 Å². The Labute approximate surface area is 128 Å². The van der Waals surface area contributed by atoms with Crippen molar-refractivity contribution in [3.63, 3.8) is 0 Å². The Kier molecular flexibility index (Phi) is 5.12. The average Bonchev–Trinajstić information content (AvgIpc) is 2.86. The predicted octanol–water partition coefficient (Wildman–Crippen LogP) is 3.65. The van der Waals surface area contributed by atoms with Gasteiger partial charge in [0.15, 0.2) is 0 Å². The lowest BCUT2D eigenvalue weighted by atomic mass is 10.2. The fourth-order valence-electron chi connectivity index (χ4n) is 2.00. The topological polar surface area (TPSA) is 75.1 Å². The summed E-state index contributed by atoms with van der Waals surface area (Å²) in [6, 6.07) is 2.13. The summed E-state index contributed by atoms with van der Waals surface area (Å²) in [6.45, 7) is 6.88. The summed E-state index contributed by atoms with van der Waals surface area (Å²) in [7, 11) is 0. The number of aromatic nitrogens is 2. The molecule has 0 radical (unpaired) electrons. The Bertz CT molecular complexity index is 637. The van der Waals surface area contributed by atoms with Crippen LogP contribution in [0.25, 0.3) is 10.2 Å². The van der Waals surface area contributed by atoms with Crippen LogP contribution in [-0.2, 0) is 11.2 Å². The second-order valence-electron chi connectivity index (χ2n) is 5.29. The normalized spacial score (nSPS) is 11.2.